The van der Waals surface area contributed by atoms with Gasteiger partial charge in [0, 0.05) is 5.57 Å². The highest BCUT2D eigenvalue weighted by Gasteiger charge is 2.24. The summed E-state index contributed by atoms with van der Waals surface area (Å²) >= 11 is 0. The van der Waals surface area contributed by atoms with Crippen molar-refractivity contribution in [3.05, 3.63) is 48.1 Å². The Morgan fingerprint density at radius 3 is 2.59 bits per heavy atom. The second-order valence-electron chi connectivity index (χ2n) is 4.76. The van der Waals surface area contributed by atoms with Gasteiger partial charge in [0.2, 0.25) is 0 Å². The molecule has 0 saturated carbocycles. The van der Waals surface area contributed by atoms with Crippen molar-refractivity contribution in [2.75, 3.05) is 6.61 Å². The van der Waals surface area contributed by atoms with Crippen LogP contribution in [0.1, 0.15) is 27.2 Å². The normalized spacial score (nSPS) is 17.1. The van der Waals surface area contributed by atoms with Crippen molar-refractivity contribution >= 4 is 5.97 Å². The number of carbonyl (C=O) groups excluding carboxylic acids is 1. The van der Waals surface area contributed by atoms with Crippen LogP contribution < -0.4 is 0 Å². The molecular formula is C15H20O2. The van der Waals surface area contributed by atoms with Gasteiger partial charge in [-0.3, -0.25) is 0 Å². The van der Waals surface area contributed by atoms with E-state index >= 15 is 0 Å². The average molecular weight is 232 g/mol. The van der Waals surface area contributed by atoms with E-state index in [4.69, 9.17) is 4.74 Å². The predicted octanol–water partition coefficient (Wildman–Crippen LogP) is 3.57. The maximum Gasteiger partial charge on any atom is 0.338 e. The molecule has 0 aliphatic carbocycles. The Morgan fingerprint density at radius 1 is 1.47 bits per heavy atom. The monoisotopic (exact) mass is 232 g/mol. The summed E-state index contributed by atoms with van der Waals surface area (Å²) in [4.78, 5) is 11.4. The van der Waals surface area contributed by atoms with Crippen LogP contribution in [-0.4, -0.2) is 12.6 Å². The number of carbonyl (C=O) groups is 1. The number of hydrogen-bond donors (Lipinski definition) is 0. The maximum absolute atomic E-state index is 11.4. The van der Waals surface area contributed by atoms with E-state index in [1.807, 2.05) is 12.2 Å². The van der Waals surface area contributed by atoms with Crippen LogP contribution >= 0.6 is 0 Å². The molecule has 0 atom stereocenters. The number of cyclic esters (lactones) is 1. The first kappa shape index (κ1) is 13.5. The molecule has 0 aromatic heterocycles. The third-order valence-electron chi connectivity index (χ3n) is 3.34. The van der Waals surface area contributed by atoms with E-state index < -0.39 is 0 Å². The van der Waals surface area contributed by atoms with Crippen molar-refractivity contribution in [2.45, 2.75) is 27.2 Å². The molecule has 92 valence electrons. The van der Waals surface area contributed by atoms with Gasteiger partial charge in [0.25, 0.3) is 0 Å². The van der Waals surface area contributed by atoms with Crippen LogP contribution in [0.3, 0.4) is 0 Å². The summed E-state index contributed by atoms with van der Waals surface area (Å²) in [6, 6.07) is 0. The number of esters is 1. The Labute approximate surface area is 103 Å². The lowest BCUT2D eigenvalue weighted by atomic mass is 9.80. The van der Waals surface area contributed by atoms with E-state index in [1.54, 1.807) is 6.08 Å². The summed E-state index contributed by atoms with van der Waals surface area (Å²) in [6.45, 7) is 14.3. The van der Waals surface area contributed by atoms with Gasteiger partial charge in [0.1, 0.15) is 6.61 Å². The minimum Gasteiger partial charge on any atom is -0.457 e. The van der Waals surface area contributed by atoms with E-state index in [0.29, 0.717) is 12.2 Å². The van der Waals surface area contributed by atoms with Crippen LogP contribution in [0.4, 0.5) is 0 Å². The topological polar surface area (TPSA) is 26.3 Å². The van der Waals surface area contributed by atoms with Gasteiger partial charge in [0.05, 0.1) is 5.57 Å². The van der Waals surface area contributed by atoms with Crippen LogP contribution in [0.25, 0.3) is 0 Å². The van der Waals surface area contributed by atoms with Gasteiger partial charge in [0.15, 0.2) is 0 Å². The quantitative estimate of drug-likeness (QED) is 0.535. The van der Waals surface area contributed by atoms with E-state index in [-0.39, 0.29) is 11.4 Å². The van der Waals surface area contributed by atoms with Crippen molar-refractivity contribution < 1.29 is 9.53 Å². The smallest absolute Gasteiger partial charge is 0.338 e. The highest BCUT2D eigenvalue weighted by Crippen LogP contribution is 2.32. The molecule has 2 heteroatoms. The third kappa shape index (κ3) is 2.76. The zero-order chi connectivity index (χ0) is 13.1. The standard InChI is InChI=1S/C15H20O2/c1-6-12(15(4,5)8-3)9-11-10-17-14(16)13(11)7-2/h6-7,9H,1-2,8,10H2,3-5H3/b12-9+. The van der Waals surface area contributed by atoms with Crippen molar-refractivity contribution in [1.29, 1.82) is 0 Å². The fraction of sp³-hybridized carbons (Fsp3) is 0.400. The molecule has 0 bridgehead atoms. The Bertz CT molecular complexity index is 409. The molecule has 0 radical (unpaired) electrons. The van der Waals surface area contributed by atoms with Crippen molar-refractivity contribution in [1.82, 2.24) is 0 Å². The Balaban J connectivity index is 3.17. The number of ether oxygens (including phenoxy) is 1. The molecule has 0 spiro atoms. The van der Waals surface area contributed by atoms with Crippen molar-refractivity contribution in [2.24, 2.45) is 5.41 Å². The molecule has 0 fully saturated rings. The fourth-order valence-corrected chi connectivity index (χ4v) is 1.69. The predicted molar refractivity (Wildman–Crippen MR) is 70.5 cm³/mol. The molecule has 0 amide bonds. The molecule has 2 nitrogen and oxygen atoms in total. The molecule has 1 aliphatic rings. The second kappa shape index (κ2) is 5.17. The van der Waals surface area contributed by atoms with Crippen LogP contribution in [0, 0.1) is 5.41 Å². The van der Waals surface area contributed by atoms with Crippen LogP contribution in [-0.2, 0) is 9.53 Å². The van der Waals surface area contributed by atoms with E-state index in [0.717, 1.165) is 17.6 Å². The summed E-state index contributed by atoms with van der Waals surface area (Å²) < 4.78 is 5.00. The molecule has 17 heavy (non-hydrogen) atoms. The van der Waals surface area contributed by atoms with Gasteiger partial charge in [-0.05, 0) is 17.4 Å². The molecule has 1 aliphatic heterocycles. The fourth-order valence-electron chi connectivity index (χ4n) is 1.69. The maximum atomic E-state index is 11.4. The lowest BCUT2D eigenvalue weighted by Gasteiger charge is -2.24. The summed E-state index contributed by atoms with van der Waals surface area (Å²) in [7, 11) is 0. The third-order valence-corrected chi connectivity index (χ3v) is 3.34. The first-order valence-corrected chi connectivity index (χ1v) is 5.83. The highest BCUT2D eigenvalue weighted by atomic mass is 16.5. The molecule has 1 heterocycles. The average Bonchev–Trinajstić information content (AvgIpc) is 2.66. The van der Waals surface area contributed by atoms with E-state index in [1.165, 1.54) is 0 Å². The summed E-state index contributed by atoms with van der Waals surface area (Å²) in [6.07, 6.45) is 6.41. The molecule has 1 rings (SSSR count). The molecule has 0 saturated heterocycles. The SMILES string of the molecule is C=CC1=C(/C=C(\C=C)C(C)(C)CC)COC1=O. The Kier molecular flexibility index (Phi) is 4.11. The highest BCUT2D eigenvalue weighted by molar-refractivity contribution is 5.95. The summed E-state index contributed by atoms with van der Waals surface area (Å²) in [5, 5.41) is 0. The second-order valence-corrected chi connectivity index (χ2v) is 4.76. The molecular weight excluding hydrogens is 212 g/mol. The lowest BCUT2D eigenvalue weighted by molar-refractivity contribution is -0.135. The summed E-state index contributed by atoms with van der Waals surface area (Å²) in [5.41, 5.74) is 2.62. The van der Waals surface area contributed by atoms with Crippen LogP contribution in [0.2, 0.25) is 0 Å². The van der Waals surface area contributed by atoms with Gasteiger partial charge in [-0.2, -0.15) is 0 Å². The van der Waals surface area contributed by atoms with Gasteiger partial charge in [-0.15, -0.1) is 0 Å². The van der Waals surface area contributed by atoms with Gasteiger partial charge in [-0.25, -0.2) is 4.79 Å². The zero-order valence-corrected chi connectivity index (χ0v) is 10.9. The van der Waals surface area contributed by atoms with Crippen LogP contribution in [0.15, 0.2) is 48.1 Å². The molecule has 0 aromatic rings. The minimum atomic E-state index is -0.288. The van der Waals surface area contributed by atoms with E-state index in [2.05, 4.69) is 33.9 Å². The molecule has 0 aromatic carbocycles. The number of allylic oxidation sites excluding steroid dienone is 2. The molecule has 0 unspecified atom stereocenters. The number of rotatable bonds is 5. The number of hydrogen-bond acceptors (Lipinski definition) is 2. The largest absolute Gasteiger partial charge is 0.457 e. The van der Waals surface area contributed by atoms with Gasteiger partial charge >= 0.3 is 5.97 Å². The summed E-state index contributed by atoms with van der Waals surface area (Å²) in [5.74, 6) is -0.288. The van der Waals surface area contributed by atoms with E-state index in [9.17, 15) is 4.79 Å². The lowest BCUT2D eigenvalue weighted by Crippen LogP contribution is -2.12. The van der Waals surface area contributed by atoms with Crippen molar-refractivity contribution in [3.63, 3.8) is 0 Å². The van der Waals surface area contributed by atoms with Crippen LogP contribution in [0.5, 0.6) is 0 Å². The Hall–Kier alpha value is -1.57. The first-order chi connectivity index (χ1) is 7.96. The Morgan fingerprint density at radius 2 is 2.12 bits per heavy atom. The van der Waals surface area contributed by atoms with Gasteiger partial charge in [-0.1, -0.05) is 52.2 Å². The van der Waals surface area contributed by atoms with Gasteiger partial charge < -0.3 is 4.74 Å². The molecule has 0 N–H and O–H groups in total. The minimum absolute atomic E-state index is 0.0483. The first-order valence-electron chi connectivity index (χ1n) is 5.83. The zero-order valence-electron chi connectivity index (χ0n) is 10.9. The van der Waals surface area contributed by atoms with Crippen molar-refractivity contribution in [3.8, 4) is 0 Å².